The van der Waals surface area contributed by atoms with Crippen molar-refractivity contribution >= 4 is 40.2 Å². The second-order valence-corrected chi connectivity index (χ2v) is 5.53. The van der Waals surface area contributed by atoms with Gasteiger partial charge in [0.25, 0.3) is 5.91 Å². The predicted octanol–water partition coefficient (Wildman–Crippen LogP) is 2.70. The Morgan fingerprint density at radius 3 is 2.88 bits per heavy atom. The summed E-state index contributed by atoms with van der Waals surface area (Å²) in [5.74, 6) is -1.77. The van der Waals surface area contributed by atoms with Gasteiger partial charge in [0.1, 0.15) is 21.8 Å². The van der Waals surface area contributed by atoms with Gasteiger partial charge in [0.05, 0.1) is 11.6 Å². The Morgan fingerprint density at radius 1 is 1.48 bits per heavy atom. The van der Waals surface area contributed by atoms with Gasteiger partial charge in [-0.2, -0.15) is 5.26 Å². The molecule has 0 bridgehead atoms. The monoisotopic (exact) mass is 361 g/mol. The fourth-order valence-electron chi connectivity index (χ4n) is 1.65. The largest absolute Gasteiger partial charge is 0.449 e. The molecule has 0 unspecified atom stereocenters. The number of amides is 1. The van der Waals surface area contributed by atoms with Crippen LogP contribution in [0.25, 0.3) is 6.08 Å². The number of carbonyl (C=O) groups excluding carboxylic acids is 2. The van der Waals surface area contributed by atoms with Crippen molar-refractivity contribution < 1.29 is 23.7 Å². The third kappa shape index (κ3) is 4.76. The zero-order valence-electron chi connectivity index (χ0n) is 12.8. The van der Waals surface area contributed by atoms with Crippen LogP contribution in [-0.2, 0) is 14.3 Å². The zero-order valence-corrected chi connectivity index (χ0v) is 13.6. The lowest BCUT2D eigenvalue weighted by Crippen LogP contribution is -2.29. The van der Waals surface area contributed by atoms with Crippen LogP contribution in [0.1, 0.15) is 18.2 Å². The van der Waals surface area contributed by atoms with E-state index in [0.717, 1.165) is 12.1 Å². The molecule has 2 heterocycles. The van der Waals surface area contributed by atoms with Crippen molar-refractivity contribution in [2.45, 2.75) is 13.0 Å². The molecule has 0 aliphatic rings. The van der Waals surface area contributed by atoms with E-state index in [1.54, 1.807) is 11.4 Å². The summed E-state index contributed by atoms with van der Waals surface area (Å²) in [7, 11) is 0. The van der Waals surface area contributed by atoms with Gasteiger partial charge in [-0.25, -0.2) is 4.79 Å². The van der Waals surface area contributed by atoms with E-state index < -0.39 is 28.8 Å². The topological polar surface area (TPSA) is 135 Å². The Balaban J connectivity index is 1.90. The van der Waals surface area contributed by atoms with Crippen molar-refractivity contribution in [1.82, 2.24) is 0 Å². The number of ether oxygens (including phenoxy) is 1. The van der Waals surface area contributed by atoms with E-state index >= 15 is 0 Å². The van der Waals surface area contributed by atoms with Crippen molar-refractivity contribution in [2.75, 3.05) is 5.32 Å². The molecule has 0 aliphatic heterocycles. The van der Waals surface area contributed by atoms with Gasteiger partial charge in [-0.3, -0.25) is 14.9 Å². The van der Waals surface area contributed by atoms with Crippen molar-refractivity contribution in [3.63, 3.8) is 0 Å². The van der Waals surface area contributed by atoms with Crippen LogP contribution in [0.4, 0.5) is 10.9 Å². The smallest absolute Gasteiger partial charge is 0.433 e. The van der Waals surface area contributed by atoms with Crippen LogP contribution in [0.5, 0.6) is 0 Å². The lowest BCUT2D eigenvalue weighted by Gasteiger charge is -2.11. The Labute approximate surface area is 145 Å². The number of nitro groups is 1. The maximum atomic E-state index is 12.0. The van der Waals surface area contributed by atoms with Crippen molar-refractivity contribution in [3.05, 3.63) is 51.1 Å². The fraction of sp³-hybridized carbons (Fsp3) is 0.133. The first-order valence-electron chi connectivity index (χ1n) is 6.82. The molecule has 0 saturated carbocycles. The highest BCUT2D eigenvalue weighted by atomic mass is 32.1. The minimum absolute atomic E-state index is 0.0954. The lowest BCUT2D eigenvalue weighted by atomic mass is 10.3. The second-order valence-electron chi connectivity index (χ2n) is 4.61. The molecule has 128 valence electrons. The number of hydrogen-bond donors (Lipinski definition) is 1. The van der Waals surface area contributed by atoms with Crippen molar-refractivity contribution in [2.24, 2.45) is 0 Å². The summed E-state index contributed by atoms with van der Waals surface area (Å²) >= 11 is 1.17. The van der Waals surface area contributed by atoms with Crippen LogP contribution in [0, 0.1) is 21.4 Å². The molecule has 1 atom stereocenters. The molecule has 0 saturated heterocycles. The standard InChI is InChI=1S/C15H11N3O6S/c1-9(14(20)17-15-10(8-16)6-7-25-15)23-13(19)5-3-11-2-4-12(24-11)18(21)22/h2-7,9H,1H3,(H,17,20)/b5-3+/t9-/m0/s1. The van der Waals surface area contributed by atoms with Gasteiger partial charge in [-0.15, -0.1) is 11.3 Å². The average Bonchev–Trinajstić information content (AvgIpc) is 3.21. The van der Waals surface area contributed by atoms with Crippen LogP contribution in [0.2, 0.25) is 0 Å². The molecule has 0 spiro atoms. The second kappa shape index (κ2) is 7.89. The number of anilines is 1. The lowest BCUT2D eigenvalue weighted by molar-refractivity contribution is -0.402. The van der Waals surface area contributed by atoms with Crippen LogP contribution >= 0.6 is 11.3 Å². The van der Waals surface area contributed by atoms with Gasteiger partial charge in [0.2, 0.25) is 0 Å². The normalized spacial score (nSPS) is 11.7. The zero-order chi connectivity index (χ0) is 18.4. The van der Waals surface area contributed by atoms with Crippen LogP contribution < -0.4 is 5.32 Å². The Bertz CT molecular complexity index is 876. The molecule has 1 amide bonds. The molecule has 9 nitrogen and oxygen atoms in total. The first kappa shape index (κ1) is 17.9. The van der Waals surface area contributed by atoms with Gasteiger partial charge < -0.3 is 14.5 Å². The molecule has 1 N–H and O–H groups in total. The summed E-state index contributed by atoms with van der Waals surface area (Å²) in [6, 6.07) is 5.95. The third-order valence-corrected chi connectivity index (χ3v) is 3.69. The SMILES string of the molecule is C[C@H](OC(=O)/C=C/c1ccc([N+](=O)[O-])o1)C(=O)Nc1sccc1C#N. The van der Waals surface area contributed by atoms with E-state index in [1.165, 1.54) is 30.4 Å². The summed E-state index contributed by atoms with van der Waals surface area (Å²) in [5, 5.41) is 23.9. The predicted molar refractivity (Wildman–Crippen MR) is 87.6 cm³/mol. The fourth-order valence-corrected chi connectivity index (χ4v) is 2.40. The highest BCUT2D eigenvalue weighted by Gasteiger charge is 2.18. The van der Waals surface area contributed by atoms with Gasteiger partial charge in [-0.1, -0.05) is 0 Å². The van der Waals surface area contributed by atoms with Crippen LogP contribution in [-0.4, -0.2) is 22.9 Å². The Hall–Kier alpha value is -3.45. The molecular weight excluding hydrogens is 350 g/mol. The minimum Gasteiger partial charge on any atom is -0.449 e. The average molecular weight is 361 g/mol. The number of hydrogen-bond acceptors (Lipinski definition) is 8. The summed E-state index contributed by atoms with van der Waals surface area (Å²) < 4.78 is 9.76. The highest BCUT2D eigenvalue weighted by Crippen LogP contribution is 2.22. The molecule has 2 aromatic heterocycles. The number of nitrogens with zero attached hydrogens (tertiary/aromatic N) is 2. The van der Waals surface area contributed by atoms with E-state index in [4.69, 9.17) is 14.4 Å². The first-order chi connectivity index (χ1) is 11.9. The number of esters is 1. The quantitative estimate of drug-likeness (QED) is 0.361. The molecule has 10 heteroatoms. The summed E-state index contributed by atoms with van der Waals surface area (Å²) in [6.45, 7) is 1.37. The van der Waals surface area contributed by atoms with Gasteiger partial charge >= 0.3 is 11.9 Å². The molecular formula is C15H11N3O6S. The van der Waals surface area contributed by atoms with E-state index in [-0.39, 0.29) is 5.76 Å². The van der Waals surface area contributed by atoms with E-state index in [0.29, 0.717) is 10.6 Å². The molecule has 2 aromatic rings. The van der Waals surface area contributed by atoms with Crippen molar-refractivity contribution in [1.29, 1.82) is 5.26 Å². The number of furan rings is 1. The highest BCUT2D eigenvalue weighted by molar-refractivity contribution is 7.14. The van der Waals surface area contributed by atoms with E-state index in [1.807, 2.05) is 6.07 Å². The Morgan fingerprint density at radius 2 is 2.24 bits per heavy atom. The first-order valence-corrected chi connectivity index (χ1v) is 7.70. The van der Waals surface area contributed by atoms with Gasteiger partial charge in [0, 0.05) is 6.08 Å². The van der Waals surface area contributed by atoms with Gasteiger partial charge in [-0.05, 0) is 30.5 Å². The molecule has 0 radical (unpaired) electrons. The number of nitriles is 1. The van der Waals surface area contributed by atoms with E-state index in [2.05, 4.69) is 5.32 Å². The summed E-state index contributed by atoms with van der Waals surface area (Å²) in [4.78, 5) is 33.4. The summed E-state index contributed by atoms with van der Waals surface area (Å²) in [6.07, 6.45) is 1.07. The van der Waals surface area contributed by atoms with Crippen molar-refractivity contribution in [3.8, 4) is 6.07 Å². The number of carbonyl (C=O) groups is 2. The maximum absolute atomic E-state index is 12.0. The molecule has 2 rings (SSSR count). The van der Waals surface area contributed by atoms with E-state index in [9.17, 15) is 19.7 Å². The van der Waals surface area contributed by atoms with Crippen LogP contribution in [0.15, 0.2) is 34.1 Å². The molecule has 0 fully saturated rings. The van der Waals surface area contributed by atoms with Gasteiger partial charge in [0.15, 0.2) is 6.10 Å². The van der Waals surface area contributed by atoms with Crippen LogP contribution in [0.3, 0.4) is 0 Å². The molecule has 25 heavy (non-hydrogen) atoms. The number of nitrogens with one attached hydrogen (secondary N) is 1. The molecule has 0 aromatic carbocycles. The number of thiophene rings is 1. The molecule has 0 aliphatic carbocycles. The summed E-state index contributed by atoms with van der Waals surface area (Å²) in [5.41, 5.74) is 0.316. The third-order valence-electron chi connectivity index (χ3n) is 2.86. The maximum Gasteiger partial charge on any atom is 0.433 e. The number of rotatable bonds is 6. The minimum atomic E-state index is -1.10. The Kier molecular flexibility index (Phi) is 5.65.